The second kappa shape index (κ2) is 7.69. The number of fused-ring (bicyclic) bond motifs is 1. The first-order valence-electron chi connectivity index (χ1n) is 8.30. The van der Waals surface area contributed by atoms with Crippen molar-refractivity contribution in [2.24, 2.45) is 0 Å². The fourth-order valence-corrected chi connectivity index (χ4v) is 2.53. The fourth-order valence-electron chi connectivity index (χ4n) is 2.53. The highest BCUT2D eigenvalue weighted by molar-refractivity contribution is 6.06. The molecule has 2 amide bonds. The molecule has 8 nitrogen and oxygen atoms in total. The van der Waals surface area contributed by atoms with Crippen molar-refractivity contribution >= 4 is 40.5 Å². The van der Waals surface area contributed by atoms with Crippen LogP contribution in [0, 0.1) is 0 Å². The molecule has 1 heterocycles. The number of H-pyrrole nitrogens is 1. The summed E-state index contributed by atoms with van der Waals surface area (Å²) in [4.78, 5) is 43.1. The van der Waals surface area contributed by atoms with Gasteiger partial charge in [-0.1, -0.05) is 19.1 Å². The van der Waals surface area contributed by atoms with Gasteiger partial charge in [-0.15, -0.1) is 0 Å². The van der Waals surface area contributed by atoms with Crippen LogP contribution in [0.25, 0.3) is 11.0 Å². The van der Waals surface area contributed by atoms with Gasteiger partial charge in [0.15, 0.2) is 0 Å². The Bertz CT molecular complexity index is 1030. The lowest BCUT2D eigenvalue weighted by atomic mass is 10.2. The number of amides is 2. The van der Waals surface area contributed by atoms with Crippen molar-refractivity contribution in [1.29, 1.82) is 0 Å². The van der Waals surface area contributed by atoms with E-state index in [1.54, 1.807) is 49.4 Å². The molecule has 0 spiro atoms. The lowest BCUT2D eigenvalue weighted by Gasteiger charge is -2.06. The van der Waals surface area contributed by atoms with Crippen molar-refractivity contribution in [2.45, 2.75) is 13.3 Å². The van der Waals surface area contributed by atoms with E-state index < -0.39 is 11.9 Å². The Morgan fingerprint density at radius 1 is 1.11 bits per heavy atom. The second-order valence-corrected chi connectivity index (χ2v) is 5.72. The maximum Gasteiger partial charge on any atom is 0.340 e. The van der Waals surface area contributed by atoms with Gasteiger partial charge in [-0.25, -0.2) is 9.78 Å². The number of nitrogens with zero attached hydrogens (tertiary/aromatic N) is 1. The molecule has 3 N–H and O–H groups in total. The molecule has 0 unspecified atom stereocenters. The number of methoxy groups -OCH3 is 1. The zero-order valence-electron chi connectivity index (χ0n) is 14.8. The number of ether oxygens (including phenoxy) is 1. The quantitative estimate of drug-likeness (QED) is 0.601. The van der Waals surface area contributed by atoms with E-state index in [4.69, 9.17) is 4.74 Å². The highest BCUT2D eigenvalue weighted by Crippen LogP contribution is 2.20. The summed E-state index contributed by atoms with van der Waals surface area (Å²) in [6.07, 6.45) is 0.345. The lowest BCUT2D eigenvalue weighted by molar-refractivity contribution is -0.115. The molecule has 0 saturated heterocycles. The number of anilines is 2. The van der Waals surface area contributed by atoms with Gasteiger partial charge < -0.3 is 15.0 Å². The number of esters is 1. The van der Waals surface area contributed by atoms with Crippen LogP contribution in [0.4, 0.5) is 11.6 Å². The Hall–Kier alpha value is -3.68. The van der Waals surface area contributed by atoms with E-state index in [1.165, 1.54) is 7.11 Å². The van der Waals surface area contributed by atoms with E-state index >= 15 is 0 Å². The van der Waals surface area contributed by atoms with Gasteiger partial charge in [0.05, 0.1) is 18.2 Å². The maximum absolute atomic E-state index is 12.5. The number of carbonyl (C=O) groups excluding carboxylic acids is 3. The molecule has 3 rings (SSSR count). The van der Waals surface area contributed by atoms with E-state index in [-0.39, 0.29) is 11.9 Å². The molecule has 0 aliphatic carbocycles. The van der Waals surface area contributed by atoms with Gasteiger partial charge in [0.25, 0.3) is 5.91 Å². The third-order valence-electron chi connectivity index (χ3n) is 3.88. The highest BCUT2D eigenvalue weighted by Gasteiger charge is 2.15. The number of benzene rings is 2. The average molecular weight is 366 g/mol. The van der Waals surface area contributed by atoms with E-state index in [0.717, 1.165) is 0 Å². The summed E-state index contributed by atoms with van der Waals surface area (Å²) in [6.45, 7) is 1.75. The van der Waals surface area contributed by atoms with Crippen LogP contribution in [0.2, 0.25) is 0 Å². The predicted octanol–water partition coefficient (Wildman–Crippen LogP) is 2.95. The Morgan fingerprint density at radius 3 is 2.63 bits per heavy atom. The molecule has 3 aromatic rings. The van der Waals surface area contributed by atoms with Crippen molar-refractivity contribution in [3.8, 4) is 0 Å². The highest BCUT2D eigenvalue weighted by atomic mass is 16.5. The van der Waals surface area contributed by atoms with Crippen molar-refractivity contribution in [1.82, 2.24) is 9.97 Å². The molecule has 0 atom stereocenters. The van der Waals surface area contributed by atoms with Gasteiger partial charge in [0, 0.05) is 17.7 Å². The molecule has 8 heteroatoms. The normalized spacial score (nSPS) is 10.4. The van der Waals surface area contributed by atoms with Gasteiger partial charge in [-0.3, -0.25) is 14.9 Å². The van der Waals surface area contributed by atoms with Crippen molar-refractivity contribution in [3.05, 3.63) is 53.6 Å². The minimum Gasteiger partial charge on any atom is -0.465 e. The lowest BCUT2D eigenvalue weighted by Crippen LogP contribution is -2.14. The monoisotopic (exact) mass is 366 g/mol. The molecule has 0 aliphatic heterocycles. The number of nitrogens with one attached hydrogen (secondary N) is 3. The van der Waals surface area contributed by atoms with E-state index in [9.17, 15) is 14.4 Å². The average Bonchev–Trinajstić information content (AvgIpc) is 3.09. The number of imidazole rings is 1. The Kier molecular flexibility index (Phi) is 5.16. The van der Waals surface area contributed by atoms with Crippen LogP contribution < -0.4 is 10.6 Å². The zero-order chi connectivity index (χ0) is 19.4. The maximum atomic E-state index is 12.5. The smallest absolute Gasteiger partial charge is 0.340 e. The Morgan fingerprint density at radius 2 is 1.89 bits per heavy atom. The van der Waals surface area contributed by atoms with Crippen LogP contribution in [-0.2, 0) is 9.53 Å². The first-order valence-corrected chi connectivity index (χ1v) is 8.30. The first kappa shape index (κ1) is 18.1. The molecular formula is C19H18N4O4. The Balaban J connectivity index is 1.83. The molecular weight excluding hydrogens is 348 g/mol. The summed E-state index contributed by atoms with van der Waals surface area (Å²) < 4.78 is 4.74. The second-order valence-electron chi connectivity index (χ2n) is 5.72. The van der Waals surface area contributed by atoms with E-state index in [0.29, 0.717) is 34.3 Å². The van der Waals surface area contributed by atoms with Gasteiger partial charge in [-0.05, 0) is 30.3 Å². The fraction of sp³-hybridized carbons (Fsp3) is 0.158. The third kappa shape index (κ3) is 3.95. The number of carbonyl (C=O) groups is 3. The van der Waals surface area contributed by atoms with Crippen molar-refractivity contribution in [2.75, 3.05) is 17.7 Å². The third-order valence-corrected chi connectivity index (χ3v) is 3.88. The van der Waals surface area contributed by atoms with Gasteiger partial charge >= 0.3 is 5.97 Å². The molecule has 27 heavy (non-hydrogen) atoms. The Labute approximate surface area is 154 Å². The molecule has 0 aliphatic rings. The molecule has 0 saturated carbocycles. The number of aromatic nitrogens is 2. The number of rotatable bonds is 5. The molecule has 0 radical (unpaired) electrons. The topological polar surface area (TPSA) is 113 Å². The summed E-state index contributed by atoms with van der Waals surface area (Å²) in [7, 11) is 1.29. The molecule has 2 aromatic carbocycles. The summed E-state index contributed by atoms with van der Waals surface area (Å²) in [5.41, 5.74) is 2.20. The predicted molar refractivity (Wildman–Crippen MR) is 101 cm³/mol. The summed E-state index contributed by atoms with van der Waals surface area (Å²) in [6, 6.07) is 11.6. The number of hydrogen-bond donors (Lipinski definition) is 3. The first-order chi connectivity index (χ1) is 13.0. The van der Waals surface area contributed by atoms with Crippen LogP contribution in [0.3, 0.4) is 0 Å². The van der Waals surface area contributed by atoms with Crippen molar-refractivity contribution < 1.29 is 19.1 Å². The van der Waals surface area contributed by atoms with Gasteiger partial charge in [0.1, 0.15) is 5.52 Å². The number of para-hydroxylation sites is 1. The number of hydrogen-bond acceptors (Lipinski definition) is 5. The largest absolute Gasteiger partial charge is 0.465 e. The summed E-state index contributed by atoms with van der Waals surface area (Å²) in [5, 5.41) is 5.36. The zero-order valence-corrected chi connectivity index (χ0v) is 14.8. The molecule has 138 valence electrons. The van der Waals surface area contributed by atoms with E-state index in [1.807, 2.05) is 0 Å². The van der Waals surface area contributed by atoms with Crippen molar-refractivity contribution in [3.63, 3.8) is 0 Å². The van der Waals surface area contributed by atoms with Crippen LogP contribution in [0.5, 0.6) is 0 Å². The summed E-state index contributed by atoms with van der Waals surface area (Å²) >= 11 is 0. The van der Waals surface area contributed by atoms with Crippen LogP contribution in [-0.4, -0.2) is 34.9 Å². The van der Waals surface area contributed by atoms with Crippen LogP contribution in [0.1, 0.15) is 34.1 Å². The molecule has 0 fully saturated rings. The molecule has 0 bridgehead atoms. The van der Waals surface area contributed by atoms with Crippen LogP contribution in [0.15, 0.2) is 42.5 Å². The molecule has 1 aromatic heterocycles. The SMILES string of the molecule is CCC(=O)Nc1cccc(C(=O)Nc2nc3c(C(=O)OC)cccc3[nH]2)c1. The van der Waals surface area contributed by atoms with Crippen LogP contribution >= 0.6 is 0 Å². The van der Waals surface area contributed by atoms with E-state index in [2.05, 4.69) is 20.6 Å². The minimum atomic E-state index is -0.510. The van der Waals surface area contributed by atoms with Gasteiger partial charge in [-0.2, -0.15) is 0 Å². The number of aromatic amines is 1. The minimum absolute atomic E-state index is 0.139. The standard InChI is InChI=1S/C19H18N4O4/c1-3-15(24)20-12-7-4-6-11(10-12)17(25)23-19-21-14-9-5-8-13(16(14)22-19)18(26)27-2/h4-10H,3H2,1-2H3,(H,20,24)(H2,21,22,23,25). The van der Waals surface area contributed by atoms with Gasteiger partial charge in [0.2, 0.25) is 11.9 Å². The summed E-state index contributed by atoms with van der Waals surface area (Å²) in [5.74, 6) is -0.847.